The van der Waals surface area contributed by atoms with Crippen molar-refractivity contribution >= 4 is 23.5 Å². The summed E-state index contributed by atoms with van der Waals surface area (Å²) in [5.41, 5.74) is 6.03. The van der Waals surface area contributed by atoms with Gasteiger partial charge in [-0.1, -0.05) is 32.0 Å². The Kier molecular flexibility index (Phi) is 7.02. The van der Waals surface area contributed by atoms with Gasteiger partial charge in [0, 0.05) is 29.1 Å². The molecule has 2 rings (SSSR count). The van der Waals surface area contributed by atoms with Gasteiger partial charge in [0.2, 0.25) is 0 Å². The summed E-state index contributed by atoms with van der Waals surface area (Å²) in [6, 6.07) is 6.37. The number of benzene rings is 1. The van der Waals surface area contributed by atoms with Crippen LogP contribution in [0.5, 0.6) is 0 Å². The topological polar surface area (TPSA) is 124 Å². The van der Waals surface area contributed by atoms with Crippen molar-refractivity contribution in [2.75, 3.05) is 6.61 Å². The molecule has 0 fully saturated rings. The molecular weight excluding hydrogens is 356 g/mol. The van der Waals surface area contributed by atoms with Gasteiger partial charge in [-0.25, -0.2) is 9.78 Å². The molecule has 0 saturated heterocycles. The van der Waals surface area contributed by atoms with Crippen LogP contribution in [-0.4, -0.2) is 27.6 Å². The van der Waals surface area contributed by atoms with E-state index in [2.05, 4.69) is 23.8 Å². The molecule has 8 nitrogen and oxygen atoms in total. The number of H-pyrrole nitrogens is 1. The van der Waals surface area contributed by atoms with Gasteiger partial charge in [0.25, 0.3) is 5.69 Å². The quantitative estimate of drug-likeness (QED) is 0.506. The van der Waals surface area contributed by atoms with E-state index >= 15 is 0 Å². The molecule has 0 radical (unpaired) electrons. The lowest BCUT2D eigenvalue weighted by Crippen LogP contribution is -2.15. The maximum absolute atomic E-state index is 10.8. The number of hydrogen-bond acceptors (Lipinski definition) is 6. The number of nitro groups is 1. The lowest BCUT2D eigenvalue weighted by molar-refractivity contribution is -0.384. The number of nitro benzene ring substituents is 1. The van der Waals surface area contributed by atoms with Gasteiger partial charge in [0.05, 0.1) is 4.92 Å². The van der Waals surface area contributed by atoms with E-state index in [1.165, 1.54) is 23.9 Å². The summed E-state index contributed by atoms with van der Waals surface area (Å²) in [6.45, 7) is 4.45. The van der Waals surface area contributed by atoms with Crippen molar-refractivity contribution < 1.29 is 14.5 Å². The van der Waals surface area contributed by atoms with Gasteiger partial charge >= 0.3 is 6.09 Å². The number of hydrogen-bond donors (Lipinski definition) is 2. The third-order valence-electron chi connectivity index (χ3n) is 3.88. The van der Waals surface area contributed by atoms with Crippen LogP contribution in [0, 0.1) is 16.0 Å². The number of primary amides is 1. The highest BCUT2D eigenvalue weighted by Gasteiger charge is 2.15. The van der Waals surface area contributed by atoms with E-state index in [1.807, 2.05) is 0 Å². The number of nitrogens with one attached hydrogen (secondary N) is 1. The minimum absolute atomic E-state index is 0.0560. The molecule has 0 saturated carbocycles. The van der Waals surface area contributed by atoms with Gasteiger partial charge in [-0.05, 0) is 24.5 Å². The molecule has 0 aliphatic heterocycles. The average molecular weight is 378 g/mol. The number of carbonyl (C=O) groups is 1. The second-order valence-corrected chi connectivity index (χ2v) is 7.02. The number of rotatable bonds is 9. The molecule has 140 valence electrons. The summed E-state index contributed by atoms with van der Waals surface area (Å²) < 4.78 is 4.76. The van der Waals surface area contributed by atoms with Crippen LogP contribution in [0.25, 0.3) is 0 Å². The monoisotopic (exact) mass is 378 g/mol. The predicted molar refractivity (Wildman–Crippen MR) is 98.2 cm³/mol. The van der Waals surface area contributed by atoms with Gasteiger partial charge in [-0.15, -0.1) is 0 Å². The largest absolute Gasteiger partial charge is 0.449 e. The smallest absolute Gasteiger partial charge is 0.404 e. The maximum Gasteiger partial charge on any atom is 0.404 e. The molecule has 1 heterocycles. The summed E-state index contributed by atoms with van der Waals surface area (Å²) in [5.74, 6) is 1.20. The molecule has 1 unspecified atom stereocenters. The number of non-ortho nitro benzene ring substituents is 1. The van der Waals surface area contributed by atoms with E-state index in [1.54, 1.807) is 12.1 Å². The zero-order chi connectivity index (χ0) is 19.1. The fraction of sp³-hybridized carbons (Fsp3) is 0.412. The molecule has 9 heteroatoms. The highest BCUT2D eigenvalue weighted by atomic mass is 32.2. The summed E-state index contributed by atoms with van der Waals surface area (Å²) in [5, 5.41) is 11.6. The molecule has 0 aliphatic carbocycles. The Balaban J connectivity index is 2.16. The molecule has 1 amide bonds. The van der Waals surface area contributed by atoms with Crippen LogP contribution in [0.3, 0.4) is 0 Å². The molecule has 1 atom stereocenters. The van der Waals surface area contributed by atoms with E-state index in [-0.39, 0.29) is 12.3 Å². The molecule has 26 heavy (non-hydrogen) atoms. The number of nitrogens with two attached hydrogens (primary N) is 1. The minimum Gasteiger partial charge on any atom is -0.449 e. The second-order valence-electron chi connectivity index (χ2n) is 5.96. The molecular formula is C17H22N4O4S. The normalized spacial score (nSPS) is 11.9. The van der Waals surface area contributed by atoms with Crippen LogP contribution in [-0.2, 0) is 17.6 Å². The van der Waals surface area contributed by atoms with Crippen molar-refractivity contribution in [3.63, 3.8) is 0 Å². The fourth-order valence-electron chi connectivity index (χ4n) is 2.28. The first-order valence-electron chi connectivity index (χ1n) is 8.31. The summed E-state index contributed by atoms with van der Waals surface area (Å²) in [6.07, 6.45) is 1.52. The lowest BCUT2D eigenvalue weighted by Gasteiger charge is -2.08. The molecule has 1 aromatic heterocycles. The summed E-state index contributed by atoms with van der Waals surface area (Å²) >= 11 is 1.45. The Bertz CT molecular complexity index is 761. The third kappa shape index (κ3) is 5.76. The van der Waals surface area contributed by atoms with Crippen molar-refractivity contribution in [3.05, 3.63) is 45.9 Å². The van der Waals surface area contributed by atoms with Crippen molar-refractivity contribution in [1.29, 1.82) is 0 Å². The molecule has 2 aromatic rings. The Labute approximate surface area is 155 Å². The van der Waals surface area contributed by atoms with Gasteiger partial charge in [0.15, 0.2) is 0 Å². The van der Waals surface area contributed by atoms with E-state index in [0.717, 1.165) is 28.5 Å². The minimum atomic E-state index is -0.808. The Morgan fingerprint density at radius 2 is 2.12 bits per heavy atom. The summed E-state index contributed by atoms with van der Waals surface area (Å²) in [7, 11) is 0. The lowest BCUT2D eigenvalue weighted by atomic mass is 10.0. The van der Waals surface area contributed by atoms with E-state index < -0.39 is 11.0 Å². The first kappa shape index (κ1) is 19.8. The zero-order valence-electron chi connectivity index (χ0n) is 14.7. The Morgan fingerprint density at radius 1 is 1.42 bits per heavy atom. The van der Waals surface area contributed by atoms with Crippen LogP contribution in [0.1, 0.15) is 31.8 Å². The predicted octanol–water partition coefficient (Wildman–Crippen LogP) is 3.70. The zero-order valence-corrected chi connectivity index (χ0v) is 15.5. The van der Waals surface area contributed by atoms with Gasteiger partial charge in [0.1, 0.15) is 17.5 Å². The molecule has 3 N–H and O–H groups in total. The van der Waals surface area contributed by atoms with E-state index in [4.69, 9.17) is 10.5 Å². The number of aromatic nitrogens is 2. The van der Waals surface area contributed by atoms with Crippen molar-refractivity contribution in [3.8, 4) is 0 Å². The number of nitrogens with zero attached hydrogens (tertiary/aromatic N) is 2. The van der Waals surface area contributed by atoms with Crippen LogP contribution < -0.4 is 5.73 Å². The second kappa shape index (κ2) is 9.23. The van der Waals surface area contributed by atoms with Crippen LogP contribution in [0.15, 0.2) is 34.2 Å². The summed E-state index contributed by atoms with van der Waals surface area (Å²) in [4.78, 5) is 29.8. The number of carbonyl (C=O) groups excluding carboxylic acids is 1. The van der Waals surface area contributed by atoms with Crippen molar-refractivity contribution in [1.82, 2.24) is 9.97 Å². The van der Waals surface area contributed by atoms with Gasteiger partial charge < -0.3 is 15.5 Å². The number of aromatic amines is 1. The average Bonchev–Trinajstić information content (AvgIpc) is 2.96. The number of ether oxygens (including phenoxy) is 1. The highest BCUT2D eigenvalue weighted by molar-refractivity contribution is 7.99. The molecule has 0 bridgehead atoms. The maximum atomic E-state index is 10.8. The molecule has 1 aromatic carbocycles. The SMILES string of the molecule is CCC(C)Cc1[nH]c(CCOC(N)=O)nc1Sc1ccc([N+](=O)[O-])cc1. The first-order chi connectivity index (χ1) is 12.4. The molecule has 0 aliphatic rings. The van der Waals surface area contributed by atoms with Crippen molar-refractivity contribution in [2.24, 2.45) is 11.7 Å². The first-order valence-corrected chi connectivity index (χ1v) is 9.13. The van der Waals surface area contributed by atoms with Gasteiger partial charge in [-0.3, -0.25) is 10.1 Å². The molecule has 0 spiro atoms. The third-order valence-corrected chi connectivity index (χ3v) is 4.92. The van der Waals surface area contributed by atoms with E-state index in [9.17, 15) is 14.9 Å². The highest BCUT2D eigenvalue weighted by Crippen LogP contribution is 2.31. The van der Waals surface area contributed by atoms with Gasteiger partial charge in [-0.2, -0.15) is 0 Å². The van der Waals surface area contributed by atoms with Crippen LogP contribution in [0.4, 0.5) is 10.5 Å². The Morgan fingerprint density at radius 3 is 2.69 bits per heavy atom. The van der Waals surface area contributed by atoms with E-state index in [0.29, 0.717) is 18.2 Å². The fourth-order valence-corrected chi connectivity index (χ4v) is 3.18. The Hall–Kier alpha value is -2.55. The van der Waals surface area contributed by atoms with Crippen LogP contribution >= 0.6 is 11.8 Å². The number of imidazole rings is 1. The van der Waals surface area contributed by atoms with Crippen molar-refractivity contribution in [2.45, 2.75) is 43.0 Å². The number of amides is 1. The van der Waals surface area contributed by atoms with Crippen LogP contribution in [0.2, 0.25) is 0 Å². The standard InChI is InChI=1S/C17H22N4O4S/c1-3-11(2)10-14-16(20-15(19-14)8-9-25-17(18)22)26-13-6-4-12(5-7-13)21(23)24/h4-7,11H,3,8-10H2,1-2H3,(H2,18,22)(H,19,20).